The minimum atomic E-state index is -5.12. The molecule has 0 aliphatic heterocycles. The summed E-state index contributed by atoms with van der Waals surface area (Å²) in [5, 5.41) is 12.9. The normalized spacial score (nSPS) is 14.5. The van der Waals surface area contributed by atoms with E-state index in [4.69, 9.17) is 11.6 Å². The quantitative estimate of drug-likeness (QED) is 0.300. The molecule has 0 saturated heterocycles. The van der Waals surface area contributed by atoms with Gasteiger partial charge >= 0.3 is 12.4 Å². The molecule has 0 spiro atoms. The van der Waals surface area contributed by atoms with Gasteiger partial charge in [0, 0.05) is 23.8 Å². The maximum Gasteiger partial charge on any atom is 0.416 e. The van der Waals surface area contributed by atoms with Gasteiger partial charge < -0.3 is 10.2 Å². The summed E-state index contributed by atoms with van der Waals surface area (Å²) in [4.78, 5) is -0.456. The first-order valence-corrected chi connectivity index (χ1v) is 12.5. The van der Waals surface area contributed by atoms with Crippen molar-refractivity contribution < 1.29 is 34.8 Å². The van der Waals surface area contributed by atoms with E-state index >= 15 is 0 Å². The van der Waals surface area contributed by atoms with E-state index in [2.05, 4.69) is 5.32 Å². The predicted octanol–water partition coefficient (Wildman–Crippen LogP) is 7.00. The molecule has 1 N–H and O–H groups in total. The molecule has 5 nitrogen and oxygen atoms in total. The van der Waals surface area contributed by atoms with Crippen LogP contribution in [0.4, 0.5) is 32.0 Å². The lowest BCUT2D eigenvalue weighted by atomic mass is 9.88. The van der Waals surface area contributed by atoms with Crippen molar-refractivity contribution in [1.29, 1.82) is 5.26 Å². The van der Waals surface area contributed by atoms with E-state index in [0.29, 0.717) is 12.1 Å². The van der Waals surface area contributed by atoms with E-state index in [1.54, 1.807) is 33.8 Å². The van der Waals surface area contributed by atoms with Crippen molar-refractivity contribution in [3.8, 4) is 6.07 Å². The zero-order valence-corrected chi connectivity index (χ0v) is 22.0. The Morgan fingerprint density at radius 1 is 0.973 bits per heavy atom. The van der Waals surface area contributed by atoms with E-state index < -0.39 is 61.2 Å². The highest BCUT2D eigenvalue weighted by Crippen LogP contribution is 2.39. The second kappa shape index (κ2) is 10.5. The smallest absolute Gasteiger partial charge is 0.367 e. The lowest BCUT2D eigenvalue weighted by Crippen LogP contribution is -2.43. The average molecular weight is 568 g/mol. The van der Waals surface area contributed by atoms with Gasteiger partial charge in [0.1, 0.15) is 11.9 Å². The van der Waals surface area contributed by atoms with Gasteiger partial charge in [0.2, 0.25) is 9.84 Å². The van der Waals surface area contributed by atoms with Crippen LogP contribution in [0.25, 0.3) is 0 Å². The second-order valence-corrected chi connectivity index (χ2v) is 11.6. The summed E-state index contributed by atoms with van der Waals surface area (Å²) in [7, 11) is -3.51. The van der Waals surface area contributed by atoms with Crippen LogP contribution >= 0.6 is 11.6 Å². The molecular formula is C24H24ClF6N3O2S. The van der Waals surface area contributed by atoms with Crippen LogP contribution in [-0.2, 0) is 22.2 Å². The number of sulfone groups is 1. The standard InChI is InChI=1S/C24H24ClF6N3O2S/c1-14(22(2,3)4)33-21(20(13-32)37(35,36)19-8-6-17(25)7-9-19)34(5)18-11-15(23(26,27)28)10-16(12-18)24(29,30)31/h6-12,14,33H,1-5H3/b21-20+. The Balaban J connectivity index is 2.89. The molecule has 1 atom stereocenters. The Bertz CT molecular complexity index is 1290. The number of halogens is 7. The summed E-state index contributed by atoms with van der Waals surface area (Å²) in [6.07, 6.45) is -10.2. The van der Waals surface area contributed by atoms with Gasteiger partial charge in [0.05, 0.1) is 16.0 Å². The number of alkyl halides is 6. The highest BCUT2D eigenvalue weighted by molar-refractivity contribution is 7.95. The van der Waals surface area contributed by atoms with E-state index in [1.165, 1.54) is 12.1 Å². The monoisotopic (exact) mass is 567 g/mol. The molecule has 0 radical (unpaired) electrons. The van der Waals surface area contributed by atoms with Crippen LogP contribution in [-0.4, -0.2) is 21.5 Å². The van der Waals surface area contributed by atoms with Gasteiger partial charge in [-0.3, -0.25) is 0 Å². The average Bonchev–Trinajstić information content (AvgIpc) is 2.76. The zero-order valence-electron chi connectivity index (χ0n) is 20.4. The maximum absolute atomic E-state index is 13.5. The minimum Gasteiger partial charge on any atom is -0.367 e. The van der Waals surface area contributed by atoms with Crippen molar-refractivity contribution >= 4 is 27.1 Å². The summed E-state index contributed by atoms with van der Waals surface area (Å²) < 4.78 is 108. The Labute approximate surface area is 216 Å². The molecule has 1 unspecified atom stereocenters. The van der Waals surface area contributed by atoms with Gasteiger partial charge in [-0.2, -0.15) is 31.6 Å². The van der Waals surface area contributed by atoms with Crippen molar-refractivity contribution in [3.63, 3.8) is 0 Å². The van der Waals surface area contributed by atoms with E-state index in [0.717, 1.165) is 24.1 Å². The number of nitrogens with one attached hydrogen (secondary N) is 1. The van der Waals surface area contributed by atoms with Crippen LogP contribution in [0.2, 0.25) is 5.02 Å². The number of nitrogens with zero attached hydrogens (tertiary/aromatic N) is 2. The molecule has 2 aromatic rings. The Hall–Kier alpha value is -2.91. The molecule has 202 valence electrons. The molecule has 0 bridgehead atoms. The lowest BCUT2D eigenvalue weighted by Gasteiger charge is -2.34. The van der Waals surface area contributed by atoms with Crippen LogP contribution in [0.3, 0.4) is 0 Å². The lowest BCUT2D eigenvalue weighted by molar-refractivity contribution is -0.143. The van der Waals surface area contributed by atoms with Crippen LogP contribution in [0, 0.1) is 16.7 Å². The van der Waals surface area contributed by atoms with E-state index in [-0.39, 0.29) is 16.0 Å². The number of nitriles is 1. The molecule has 2 aromatic carbocycles. The fraction of sp³-hybridized carbons (Fsp3) is 0.375. The van der Waals surface area contributed by atoms with Crippen molar-refractivity contribution in [2.24, 2.45) is 5.41 Å². The van der Waals surface area contributed by atoms with Gasteiger partial charge in [-0.15, -0.1) is 0 Å². The number of anilines is 1. The Kier molecular flexibility index (Phi) is 8.57. The number of allylic oxidation sites excluding steroid dienone is 1. The van der Waals surface area contributed by atoms with E-state index in [9.17, 15) is 40.0 Å². The van der Waals surface area contributed by atoms with Gasteiger partial charge in [0.25, 0.3) is 0 Å². The molecule has 0 fully saturated rings. The van der Waals surface area contributed by atoms with Crippen LogP contribution in [0.1, 0.15) is 38.8 Å². The molecule has 0 amide bonds. The third-order valence-corrected chi connectivity index (χ3v) is 7.62. The third-order valence-electron chi connectivity index (χ3n) is 5.66. The molecule has 0 aliphatic rings. The van der Waals surface area contributed by atoms with Crippen molar-refractivity contribution in [2.75, 3.05) is 11.9 Å². The van der Waals surface area contributed by atoms with Gasteiger partial charge in [-0.05, 0) is 54.8 Å². The molecule has 0 saturated carbocycles. The molecule has 0 aliphatic carbocycles. The number of hydrogen-bond donors (Lipinski definition) is 1. The molecular weight excluding hydrogens is 544 g/mol. The first-order chi connectivity index (χ1) is 16.7. The fourth-order valence-corrected chi connectivity index (χ4v) is 4.40. The first-order valence-electron chi connectivity index (χ1n) is 10.6. The van der Waals surface area contributed by atoms with Crippen molar-refractivity contribution in [3.05, 3.63) is 69.3 Å². The molecule has 13 heteroatoms. The molecule has 0 heterocycles. The second-order valence-electron chi connectivity index (χ2n) is 9.30. The van der Waals surface area contributed by atoms with Crippen LogP contribution < -0.4 is 10.2 Å². The predicted molar refractivity (Wildman–Crippen MR) is 128 cm³/mol. The summed E-state index contributed by atoms with van der Waals surface area (Å²) in [5.74, 6) is -0.493. The summed E-state index contributed by atoms with van der Waals surface area (Å²) in [6.45, 7) is 6.95. The zero-order chi connectivity index (χ0) is 28.6. The van der Waals surface area contributed by atoms with Crippen LogP contribution in [0.15, 0.2) is 58.1 Å². The maximum atomic E-state index is 13.5. The SMILES string of the molecule is CC(N/C(=C(/C#N)S(=O)(=O)c1ccc(Cl)cc1)N(C)c1cc(C(F)(F)F)cc(C(F)(F)F)c1)C(C)(C)C. The topological polar surface area (TPSA) is 73.2 Å². The van der Waals surface area contributed by atoms with E-state index in [1.807, 2.05) is 0 Å². The Morgan fingerprint density at radius 2 is 1.43 bits per heavy atom. The highest BCUT2D eigenvalue weighted by Gasteiger charge is 2.38. The Morgan fingerprint density at radius 3 is 1.81 bits per heavy atom. The fourth-order valence-electron chi connectivity index (χ4n) is 2.97. The number of rotatable bonds is 6. The van der Waals surface area contributed by atoms with Gasteiger partial charge in [-0.1, -0.05) is 32.4 Å². The largest absolute Gasteiger partial charge is 0.416 e. The summed E-state index contributed by atoms with van der Waals surface area (Å²) in [5.41, 5.74) is -4.37. The molecule has 0 aromatic heterocycles. The van der Waals surface area contributed by atoms with Gasteiger partial charge in [0.15, 0.2) is 4.91 Å². The van der Waals surface area contributed by atoms with Gasteiger partial charge in [-0.25, -0.2) is 8.42 Å². The van der Waals surface area contributed by atoms with Crippen LogP contribution in [0.5, 0.6) is 0 Å². The highest BCUT2D eigenvalue weighted by atomic mass is 35.5. The van der Waals surface area contributed by atoms with Crippen molar-refractivity contribution in [1.82, 2.24) is 5.32 Å². The minimum absolute atomic E-state index is 0.0401. The number of hydrogen-bond acceptors (Lipinski definition) is 5. The summed E-state index contributed by atoms with van der Waals surface area (Å²) in [6, 6.07) is 6.63. The molecule has 2 rings (SSSR count). The number of benzene rings is 2. The molecule has 37 heavy (non-hydrogen) atoms. The third kappa shape index (κ3) is 7.11. The van der Waals surface area contributed by atoms with Crippen molar-refractivity contribution in [2.45, 2.75) is 51.0 Å². The summed E-state index contributed by atoms with van der Waals surface area (Å²) >= 11 is 5.81. The first kappa shape index (κ1) is 30.3.